The lowest BCUT2D eigenvalue weighted by Gasteiger charge is -2.02. The Hall–Kier alpha value is -0.500. The van der Waals surface area contributed by atoms with E-state index in [0.29, 0.717) is 6.61 Å². The molecule has 10 heavy (non-hydrogen) atoms. The summed E-state index contributed by atoms with van der Waals surface area (Å²) in [5, 5.41) is 0. The normalized spacial score (nSPS) is 9.40. The Balaban J connectivity index is 2.81. The van der Waals surface area contributed by atoms with Crippen molar-refractivity contribution in [2.75, 3.05) is 6.61 Å². The first kappa shape index (κ1) is 7.61. The Morgan fingerprint density at radius 3 is 3.10 bits per heavy atom. The van der Waals surface area contributed by atoms with Gasteiger partial charge in [-0.1, -0.05) is 6.07 Å². The molecule has 0 spiro atoms. The molecule has 0 N–H and O–H groups in total. The van der Waals surface area contributed by atoms with Crippen LogP contribution in [0.1, 0.15) is 6.92 Å². The first-order valence-electron chi connectivity index (χ1n) is 3.13. The minimum Gasteiger partial charge on any atom is -0.493 e. The van der Waals surface area contributed by atoms with Gasteiger partial charge in [-0.3, -0.25) is 0 Å². The van der Waals surface area contributed by atoms with E-state index in [-0.39, 0.29) is 0 Å². The molecule has 0 heterocycles. The van der Waals surface area contributed by atoms with Gasteiger partial charge in [0.2, 0.25) is 0 Å². The van der Waals surface area contributed by atoms with Gasteiger partial charge in [-0.05, 0) is 41.1 Å². The van der Waals surface area contributed by atoms with Crippen LogP contribution >= 0.6 is 15.9 Å². The van der Waals surface area contributed by atoms with Crippen LogP contribution < -0.4 is 4.74 Å². The van der Waals surface area contributed by atoms with E-state index in [1.54, 1.807) is 0 Å². The number of benzene rings is 1. The highest BCUT2D eigenvalue weighted by molar-refractivity contribution is 9.10. The molecule has 1 aromatic rings. The molecular weight excluding hydrogens is 192 g/mol. The number of hydrogen-bond acceptors (Lipinski definition) is 1. The van der Waals surface area contributed by atoms with Crippen molar-refractivity contribution in [1.29, 1.82) is 0 Å². The maximum atomic E-state index is 5.27. The predicted molar refractivity (Wildman–Crippen MR) is 44.1 cm³/mol. The van der Waals surface area contributed by atoms with Gasteiger partial charge < -0.3 is 4.74 Å². The molecule has 0 aromatic heterocycles. The fourth-order valence-electron chi connectivity index (χ4n) is 0.668. The zero-order valence-electron chi connectivity index (χ0n) is 5.73. The summed E-state index contributed by atoms with van der Waals surface area (Å²) >= 11 is 3.34. The van der Waals surface area contributed by atoms with Crippen molar-refractivity contribution in [3.63, 3.8) is 0 Å². The second-order valence-electron chi connectivity index (χ2n) is 1.79. The van der Waals surface area contributed by atoms with E-state index in [0.717, 1.165) is 10.2 Å². The van der Waals surface area contributed by atoms with E-state index >= 15 is 0 Å². The van der Waals surface area contributed by atoms with Crippen molar-refractivity contribution in [2.24, 2.45) is 0 Å². The molecule has 0 unspecified atom stereocenters. The van der Waals surface area contributed by atoms with Crippen LogP contribution in [0.15, 0.2) is 22.7 Å². The third-order valence-electron chi connectivity index (χ3n) is 1.08. The summed E-state index contributed by atoms with van der Waals surface area (Å²) in [5.41, 5.74) is 0. The van der Waals surface area contributed by atoms with Gasteiger partial charge in [0.25, 0.3) is 0 Å². The van der Waals surface area contributed by atoms with Gasteiger partial charge in [0, 0.05) is 0 Å². The zero-order chi connectivity index (χ0) is 7.40. The Labute approximate surface area is 69.1 Å². The minimum absolute atomic E-state index is 0.697. The van der Waals surface area contributed by atoms with Crippen LogP contribution in [0.25, 0.3) is 0 Å². The van der Waals surface area contributed by atoms with Crippen molar-refractivity contribution in [2.45, 2.75) is 6.92 Å². The van der Waals surface area contributed by atoms with Crippen molar-refractivity contribution in [3.8, 4) is 5.75 Å². The summed E-state index contributed by atoms with van der Waals surface area (Å²) in [5.74, 6) is 0.876. The molecule has 2 heteroatoms. The van der Waals surface area contributed by atoms with E-state index in [1.165, 1.54) is 0 Å². The molecule has 0 atom stereocenters. The van der Waals surface area contributed by atoms with Gasteiger partial charge in [-0.2, -0.15) is 0 Å². The van der Waals surface area contributed by atoms with Crippen LogP contribution in [0.4, 0.5) is 0 Å². The first-order valence-corrected chi connectivity index (χ1v) is 3.92. The summed E-state index contributed by atoms with van der Waals surface area (Å²) in [7, 11) is 0. The molecule has 0 fully saturated rings. The molecule has 53 valence electrons. The van der Waals surface area contributed by atoms with Crippen molar-refractivity contribution < 1.29 is 4.74 Å². The molecule has 0 aliphatic rings. The van der Waals surface area contributed by atoms with Crippen molar-refractivity contribution in [1.82, 2.24) is 0 Å². The Bertz CT molecular complexity index is 210. The molecule has 1 aromatic carbocycles. The van der Waals surface area contributed by atoms with E-state index in [1.807, 2.05) is 25.1 Å². The van der Waals surface area contributed by atoms with E-state index in [9.17, 15) is 0 Å². The molecule has 1 radical (unpaired) electrons. The second kappa shape index (κ2) is 3.62. The molecule has 0 bridgehead atoms. The molecule has 0 aliphatic heterocycles. The van der Waals surface area contributed by atoms with Gasteiger partial charge in [-0.25, -0.2) is 0 Å². The fourth-order valence-corrected chi connectivity index (χ4v) is 1.05. The van der Waals surface area contributed by atoms with Crippen LogP contribution in [0.2, 0.25) is 0 Å². The maximum absolute atomic E-state index is 5.27. The summed E-state index contributed by atoms with van der Waals surface area (Å²) in [4.78, 5) is 0. The van der Waals surface area contributed by atoms with Crippen LogP contribution in [0, 0.1) is 6.07 Å². The van der Waals surface area contributed by atoms with Gasteiger partial charge in [-0.15, -0.1) is 0 Å². The van der Waals surface area contributed by atoms with Gasteiger partial charge in [0.15, 0.2) is 0 Å². The lowest BCUT2D eigenvalue weighted by Crippen LogP contribution is -1.91. The van der Waals surface area contributed by atoms with Gasteiger partial charge in [0.1, 0.15) is 5.75 Å². The quantitative estimate of drug-likeness (QED) is 0.712. The van der Waals surface area contributed by atoms with E-state index in [2.05, 4.69) is 22.0 Å². The number of hydrogen-bond donors (Lipinski definition) is 0. The number of ether oxygens (including phenoxy) is 1. The van der Waals surface area contributed by atoms with Crippen molar-refractivity contribution >= 4 is 15.9 Å². The highest BCUT2D eigenvalue weighted by Gasteiger charge is 1.95. The maximum Gasteiger partial charge on any atom is 0.133 e. The largest absolute Gasteiger partial charge is 0.493 e. The molecule has 1 rings (SSSR count). The van der Waals surface area contributed by atoms with E-state index < -0.39 is 0 Å². The average Bonchev–Trinajstić information content (AvgIpc) is 1.94. The molecule has 1 nitrogen and oxygen atoms in total. The summed E-state index contributed by atoms with van der Waals surface area (Å²) in [6.45, 7) is 2.66. The third kappa shape index (κ3) is 1.74. The van der Waals surface area contributed by atoms with Crippen LogP contribution in [-0.2, 0) is 0 Å². The number of halogens is 1. The van der Waals surface area contributed by atoms with Crippen LogP contribution in [-0.4, -0.2) is 6.61 Å². The SMILES string of the molecule is CCOc1cc[c]cc1Br. The molecule has 0 amide bonds. The monoisotopic (exact) mass is 199 g/mol. The van der Waals surface area contributed by atoms with Gasteiger partial charge >= 0.3 is 0 Å². The fraction of sp³-hybridized carbons (Fsp3) is 0.250. The van der Waals surface area contributed by atoms with Crippen LogP contribution in [0.5, 0.6) is 5.75 Å². The standard InChI is InChI=1S/C8H8BrO/c1-2-10-8-6-4-3-5-7(8)9/h4-6H,2H2,1H3. The molecule has 0 saturated heterocycles. The Morgan fingerprint density at radius 2 is 2.50 bits per heavy atom. The first-order chi connectivity index (χ1) is 4.84. The highest BCUT2D eigenvalue weighted by atomic mass is 79.9. The summed E-state index contributed by atoms with van der Waals surface area (Å²) in [6, 6.07) is 8.48. The predicted octanol–water partition coefficient (Wildman–Crippen LogP) is 2.65. The number of rotatable bonds is 2. The minimum atomic E-state index is 0.697. The second-order valence-corrected chi connectivity index (χ2v) is 2.64. The topological polar surface area (TPSA) is 9.23 Å². The summed E-state index contributed by atoms with van der Waals surface area (Å²) < 4.78 is 6.23. The average molecular weight is 200 g/mol. The molecular formula is C8H8BrO. The van der Waals surface area contributed by atoms with Gasteiger partial charge in [0.05, 0.1) is 11.1 Å². The lowest BCUT2D eigenvalue weighted by molar-refractivity contribution is 0.338. The molecule has 0 saturated carbocycles. The van der Waals surface area contributed by atoms with E-state index in [4.69, 9.17) is 4.74 Å². The highest BCUT2D eigenvalue weighted by Crippen LogP contribution is 2.22. The molecule has 0 aliphatic carbocycles. The third-order valence-corrected chi connectivity index (χ3v) is 1.70. The Kier molecular flexibility index (Phi) is 2.75. The zero-order valence-corrected chi connectivity index (χ0v) is 7.31. The lowest BCUT2D eigenvalue weighted by atomic mass is 10.3. The Morgan fingerprint density at radius 1 is 1.70 bits per heavy atom. The summed E-state index contributed by atoms with van der Waals surface area (Å²) in [6.07, 6.45) is 0. The smallest absolute Gasteiger partial charge is 0.133 e. The van der Waals surface area contributed by atoms with Crippen molar-refractivity contribution in [3.05, 3.63) is 28.7 Å². The van der Waals surface area contributed by atoms with Crippen LogP contribution in [0.3, 0.4) is 0 Å².